The molecule has 4 nitrogen and oxygen atoms in total. The summed E-state index contributed by atoms with van der Waals surface area (Å²) in [5.74, 6) is -4.86. The van der Waals surface area contributed by atoms with E-state index in [-0.39, 0.29) is 18.8 Å². The average Bonchev–Trinajstić information content (AvgIpc) is 2.32. The van der Waals surface area contributed by atoms with Crippen LogP contribution >= 0.6 is 0 Å². The number of nitrogens with one attached hydrogen (secondary N) is 2. The van der Waals surface area contributed by atoms with Gasteiger partial charge in [-0.25, -0.2) is 13.2 Å². The van der Waals surface area contributed by atoms with E-state index >= 15 is 0 Å². The second-order valence-corrected chi connectivity index (χ2v) is 3.01. The van der Waals surface area contributed by atoms with Crippen LogP contribution in [0.4, 0.5) is 18.9 Å². The van der Waals surface area contributed by atoms with Gasteiger partial charge in [0.25, 0.3) is 0 Å². The van der Waals surface area contributed by atoms with Gasteiger partial charge in [0, 0.05) is 0 Å². The van der Waals surface area contributed by atoms with Gasteiger partial charge in [0.05, 0.1) is 18.3 Å². The third-order valence-corrected chi connectivity index (χ3v) is 1.84. The average molecular weight is 243 g/mol. The van der Waals surface area contributed by atoms with Crippen LogP contribution < -0.4 is 10.6 Å². The fraction of sp³-hybridized carbons (Fsp3) is 0.200. The molecule has 90 valence electrons. The number of nitriles is 1. The first kappa shape index (κ1) is 12.8. The number of carbonyl (C=O) groups is 1. The minimum absolute atomic E-state index is 0.180. The number of hydrogen-bond donors (Lipinski definition) is 2. The Balaban J connectivity index is 2.62. The Hall–Kier alpha value is -2.23. The van der Waals surface area contributed by atoms with Gasteiger partial charge in [0.1, 0.15) is 6.54 Å². The number of hydrogen-bond acceptors (Lipinski definition) is 3. The van der Waals surface area contributed by atoms with E-state index in [1.807, 2.05) is 0 Å². The van der Waals surface area contributed by atoms with E-state index in [4.69, 9.17) is 5.26 Å². The predicted molar refractivity (Wildman–Crippen MR) is 53.4 cm³/mol. The molecule has 0 radical (unpaired) electrons. The molecule has 2 N–H and O–H groups in total. The molecule has 0 saturated heterocycles. The van der Waals surface area contributed by atoms with Crippen LogP contribution in [0.15, 0.2) is 12.1 Å². The summed E-state index contributed by atoms with van der Waals surface area (Å²) < 4.78 is 38.5. The van der Waals surface area contributed by atoms with Crippen LogP contribution in [0.25, 0.3) is 0 Å². The normalized spacial score (nSPS) is 9.53. The lowest BCUT2D eigenvalue weighted by molar-refractivity contribution is -0.119. The molecule has 0 aliphatic carbocycles. The van der Waals surface area contributed by atoms with Crippen LogP contribution in [0.1, 0.15) is 0 Å². The van der Waals surface area contributed by atoms with Crippen molar-refractivity contribution < 1.29 is 18.0 Å². The number of nitrogens with zero attached hydrogens (tertiary/aromatic N) is 1. The molecule has 7 heteroatoms. The number of rotatable bonds is 4. The summed E-state index contributed by atoms with van der Waals surface area (Å²) in [7, 11) is 0. The van der Waals surface area contributed by atoms with Crippen molar-refractivity contribution in [3.05, 3.63) is 29.6 Å². The standard InChI is InChI=1S/C10H8F3N3O/c11-6-1-2-7(10(13)9(6)12)16-5-8(17)15-4-3-14/h1-2,16H,4-5H2,(H,15,17). The van der Waals surface area contributed by atoms with Gasteiger partial charge in [-0.2, -0.15) is 5.26 Å². The Bertz CT molecular complexity index is 471. The maximum atomic E-state index is 13.1. The maximum Gasteiger partial charge on any atom is 0.240 e. The van der Waals surface area contributed by atoms with Crippen molar-refractivity contribution in [3.8, 4) is 6.07 Å². The van der Waals surface area contributed by atoms with Crippen LogP contribution in [0.2, 0.25) is 0 Å². The molecule has 17 heavy (non-hydrogen) atoms. The van der Waals surface area contributed by atoms with Gasteiger partial charge in [0.2, 0.25) is 5.91 Å². The zero-order valence-corrected chi connectivity index (χ0v) is 8.56. The quantitative estimate of drug-likeness (QED) is 0.616. The lowest BCUT2D eigenvalue weighted by Gasteiger charge is -2.07. The molecule has 0 bridgehead atoms. The maximum absolute atomic E-state index is 13.1. The van der Waals surface area contributed by atoms with Gasteiger partial charge in [-0.15, -0.1) is 0 Å². The van der Waals surface area contributed by atoms with Crippen LogP contribution in [0, 0.1) is 28.8 Å². The first-order valence-electron chi connectivity index (χ1n) is 4.57. The van der Waals surface area contributed by atoms with E-state index < -0.39 is 23.4 Å². The summed E-state index contributed by atoms with van der Waals surface area (Å²) in [5, 5.41) is 12.7. The summed E-state index contributed by atoms with van der Waals surface area (Å²) in [6.45, 7) is -0.523. The van der Waals surface area contributed by atoms with Gasteiger partial charge in [-0.3, -0.25) is 4.79 Å². The van der Waals surface area contributed by atoms with Crippen molar-refractivity contribution in [1.29, 1.82) is 5.26 Å². The molecule has 0 aliphatic heterocycles. The van der Waals surface area contributed by atoms with E-state index in [1.165, 1.54) is 0 Å². The van der Waals surface area contributed by atoms with E-state index in [9.17, 15) is 18.0 Å². The van der Waals surface area contributed by atoms with E-state index in [0.29, 0.717) is 0 Å². The molecule has 0 saturated carbocycles. The highest BCUT2D eigenvalue weighted by Crippen LogP contribution is 2.19. The molecule has 0 atom stereocenters. The third-order valence-electron chi connectivity index (χ3n) is 1.84. The SMILES string of the molecule is N#CCNC(=O)CNc1ccc(F)c(F)c1F. The minimum atomic E-state index is -1.60. The van der Waals surface area contributed by atoms with Crippen molar-refractivity contribution in [1.82, 2.24) is 5.32 Å². The zero-order valence-electron chi connectivity index (χ0n) is 8.56. The first-order chi connectivity index (χ1) is 8.06. The topological polar surface area (TPSA) is 64.9 Å². The van der Waals surface area contributed by atoms with Crippen LogP contribution in [-0.2, 0) is 4.79 Å². The Morgan fingerprint density at radius 2 is 2.00 bits per heavy atom. The highest BCUT2D eigenvalue weighted by molar-refractivity contribution is 5.80. The molecule has 0 unspecified atom stereocenters. The molecule has 0 heterocycles. The van der Waals surface area contributed by atoms with Crippen molar-refractivity contribution in [2.45, 2.75) is 0 Å². The lowest BCUT2D eigenvalue weighted by atomic mass is 10.3. The molecular formula is C10H8F3N3O. The van der Waals surface area contributed by atoms with E-state index in [1.54, 1.807) is 6.07 Å². The summed E-state index contributed by atoms with van der Waals surface area (Å²) in [6, 6.07) is 3.40. The smallest absolute Gasteiger partial charge is 0.240 e. The molecule has 1 aromatic carbocycles. The lowest BCUT2D eigenvalue weighted by Crippen LogP contribution is -2.30. The van der Waals surface area contributed by atoms with Crippen LogP contribution in [-0.4, -0.2) is 19.0 Å². The fourth-order valence-electron chi connectivity index (χ4n) is 1.04. The Morgan fingerprint density at radius 3 is 2.65 bits per heavy atom. The molecule has 0 spiro atoms. The number of carbonyl (C=O) groups excluding carboxylic acids is 1. The van der Waals surface area contributed by atoms with Gasteiger partial charge >= 0.3 is 0 Å². The van der Waals surface area contributed by atoms with Crippen molar-refractivity contribution in [2.24, 2.45) is 0 Å². The Kier molecular flexibility index (Phi) is 4.34. The largest absolute Gasteiger partial charge is 0.374 e. The molecule has 1 aromatic rings. The second kappa shape index (κ2) is 5.75. The van der Waals surface area contributed by atoms with E-state index in [2.05, 4.69) is 10.6 Å². The van der Waals surface area contributed by atoms with Crippen LogP contribution in [0.5, 0.6) is 0 Å². The number of amides is 1. The molecule has 0 aromatic heterocycles. The van der Waals surface area contributed by atoms with Crippen LogP contribution in [0.3, 0.4) is 0 Å². The fourth-order valence-corrected chi connectivity index (χ4v) is 1.04. The first-order valence-corrected chi connectivity index (χ1v) is 4.57. The van der Waals surface area contributed by atoms with Gasteiger partial charge in [0.15, 0.2) is 17.5 Å². The van der Waals surface area contributed by atoms with Gasteiger partial charge in [-0.05, 0) is 12.1 Å². The number of halogens is 3. The molecule has 1 rings (SSSR count). The highest BCUT2D eigenvalue weighted by atomic mass is 19.2. The minimum Gasteiger partial charge on any atom is -0.374 e. The number of benzene rings is 1. The molecular weight excluding hydrogens is 235 g/mol. The highest BCUT2D eigenvalue weighted by Gasteiger charge is 2.13. The molecule has 0 aliphatic rings. The van der Waals surface area contributed by atoms with Gasteiger partial charge < -0.3 is 10.6 Å². The van der Waals surface area contributed by atoms with Crippen molar-refractivity contribution in [2.75, 3.05) is 18.4 Å². The third kappa shape index (κ3) is 3.38. The predicted octanol–water partition coefficient (Wildman–Crippen LogP) is 1.16. The molecule has 0 fully saturated rings. The number of anilines is 1. The Labute approximate surface area is 95.0 Å². The zero-order chi connectivity index (χ0) is 12.8. The van der Waals surface area contributed by atoms with Gasteiger partial charge in [-0.1, -0.05) is 0 Å². The summed E-state index contributed by atoms with van der Waals surface area (Å²) in [4.78, 5) is 11.0. The van der Waals surface area contributed by atoms with Crippen molar-refractivity contribution >= 4 is 11.6 Å². The van der Waals surface area contributed by atoms with E-state index in [0.717, 1.165) is 12.1 Å². The summed E-state index contributed by atoms with van der Waals surface area (Å²) in [5.41, 5.74) is -0.323. The monoisotopic (exact) mass is 243 g/mol. The van der Waals surface area contributed by atoms with Crippen molar-refractivity contribution in [3.63, 3.8) is 0 Å². The summed E-state index contributed by atoms with van der Waals surface area (Å²) >= 11 is 0. The summed E-state index contributed by atoms with van der Waals surface area (Å²) in [6.07, 6.45) is 0. The second-order valence-electron chi connectivity index (χ2n) is 3.01. The molecule has 1 amide bonds. The Morgan fingerprint density at radius 1 is 1.29 bits per heavy atom.